The van der Waals surface area contributed by atoms with Crippen LogP contribution in [-0.2, 0) is 10.3 Å². The molecule has 1 saturated heterocycles. The Hall–Kier alpha value is -0.860. The van der Waals surface area contributed by atoms with E-state index >= 15 is 0 Å². The maximum absolute atomic E-state index is 10.3. The highest BCUT2D eigenvalue weighted by Crippen LogP contribution is 2.35. The predicted octanol–water partition coefficient (Wildman–Crippen LogP) is 1.68. The monoisotopic (exact) mass is 178 g/mol. The third-order valence-electron chi connectivity index (χ3n) is 2.80. The van der Waals surface area contributed by atoms with Gasteiger partial charge in [0.05, 0.1) is 12.7 Å². The lowest BCUT2D eigenvalue weighted by molar-refractivity contribution is -0.0317. The summed E-state index contributed by atoms with van der Waals surface area (Å²) in [6.45, 7) is 2.56. The van der Waals surface area contributed by atoms with Gasteiger partial charge in [0.1, 0.15) is 5.60 Å². The van der Waals surface area contributed by atoms with Crippen molar-refractivity contribution < 1.29 is 9.84 Å². The van der Waals surface area contributed by atoms with Crippen molar-refractivity contribution in [1.29, 1.82) is 0 Å². The summed E-state index contributed by atoms with van der Waals surface area (Å²) in [5.41, 5.74) is 0.182. The number of hydrogen-bond donors (Lipinski definition) is 1. The first kappa shape index (κ1) is 8.73. The molecule has 1 heterocycles. The van der Waals surface area contributed by atoms with Gasteiger partial charge >= 0.3 is 0 Å². The minimum absolute atomic E-state index is 0.102. The van der Waals surface area contributed by atoms with Gasteiger partial charge in [0.15, 0.2) is 0 Å². The van der Waals surface area contributed by atoms with Crippen molar-refractivity contribution >= 4 is 0 Å². The molecule has 1 aliphatic rings. The van der Waals surface area contributed by atoms with E-state index in [1.54, 1.807) is 0 Å². The van der Waals surface area contributed by atoms with E-state index in [1.807, 2.05) is 37.3 Å². The van der Waals surface area contributed by atoms with E-state index in [1.165, 1.54) is 0 Å². The number of aliphatic hydroxyl groups is 1. The molecule has 1 aliphatic heterocycles. The maximum Gasteiger partial charge on any atom is 0.118 e. The Morgan fingerprint density at radius 1 is 1.38 bits per heavy atom. The van der Waals surface area contributed by atoms with Gasteiger partial charge in [0.2, 0.25) is 0 Å². The van der Waals surface area contributed by atoms with Gasteiger partial charge in [-0.1, -0.05) is 30.3 Å². The summed E-state index contributed by atoms with van der Waals surface area (Å²) in [6.07, 6.45) is 0.591. The van der Waals surface area contributed by atoms with Crippen LogP contribution in [0.3, 0.4) is 0 Å². The molecule has 2 rings (SSSR count). The lowest BCUT2D eigenvalue weighted by Crippen LogP contribution is -2.32. The molecular weight excluding hydrogens is 164 g/mol. The molecule has 2 heteroatoms. The van der Waals surface area contributed by atoms with Gasteiger partial charge in [-0.2, -0.15) is 0 Å². The van der Waals surface area contributed by atoms with Crippen LogP contribution in [0.25, 0.3) is 0 Å². The summed E-state index contributed by atoms with van der Waals surface area (Å²) >= 11 is 0. The maximum atomic E-state index is 10.3. The molecule has 2 unspecified atom stereocenters. The van der Waals surface area contributed by atoms with Gasteiger partial charge < -0.3 is 9.84 Å². The standard InChI is InChI=1S/C11H14O2/c1-9-11(12,7-8-13-9)10-5-3-2-4-6-10/h2-6,9,12H,7-8H2,1H3. The first-order valence-corrected chi connectivity index (χ1v) is 4.63. The molecule has 13 heavy (non-hydrogen) atoms. The Morgan fingerprint density at radius 2 is 2.08 bits per heavy atom. The van der Waals surface area contributed by atoms with Crippen molar-refractivity contribution in [2.24, 2.45) is 0 Å². The highest BCUT2D eigenvalue weighted by Gasteiger charge is 2.40. The van der Waals surface area contributed by atoms with Gasteiger partial charge in [0.25, 0.3) is 0 Å². The third kappa shape index (κ3) is 1.36. The molecule has 0 aliphatic carbocycles. The van der Waals surface area contributed by atoms with E-state index in [4.69, 9.17) is 4.74 Å². The molecule has 0 amide bonds. The largest absolute Gasteiger partial charge is 0.382 e. The Balaban J connectivity index is 2.34. The van der Waals surface area contributed by atoms with Gasteiger partial charge in [-0.3, -0.25) is 0 Å². The topological polar surface area (TPSA) is 29.5 Å². The summed E-state index contributed by atoms with van der Waals surface area (Å²) in [7, 11) is 0. The second-order valence-electron chi connectivity index (χ2n) is 3.55. The molecule has 1 aromatic rings. The zero-order chi connectivity index (χ0) is 9.31. The van der Waals surface area contributed by atoms with Crippen molar-refractivity contribution in [3.05, 3.63) is 35.9 Å². The normalized spacial score (nSPS) is 33.5. The van der Waals surface area contributed by atoms with Crippen LogP contribution >= 0.6 is 0 Å². The summed E-state index contributed by atoms with van der Waals surface area (Å²) in [5, 5.41) is 10.3. The van der Waals surface area contributed by atoms with E-state index in [2.05, 4.69) is 0 Å². The van der Waals surface area contributed by atoms with Crippen LogP contribution in [0.15, 0.2) is 30.3 Å². The van der Waals surface area contributed by atoms with E-state index < -0.39 is 5.60 Å². The van der Waals surface area contributed by atoms with Crippen LogP contribution in [0, 0.1) is 0 Å². The van der Waals surface area contributed by atoms with Crippen molar-refractivity contribution in [1.82, 2.24) is 0 Å². The number of hydrogen-bond acceptors (Lipinski definition) is 2. The van der Waals surface area contributed by atoms with Gasteiger partial charge in [0, 0.05) is 6.42 Å². The van der Waals surface area contributed by atoms with Crippen LogP contribution in [0.1, 0.15) is 18.9 Å². The van der Waals surface area contributed by atoms with Crippen molar-refractivity contribution in [3.63, 3.8) is 0 Å². The Kier molecular flexibility index (Phi) is 2.10. The molecule has 2 nitrogen and oxygen atoms in total. The molecule has 70 valence electrons. The zero-order valence-corrected chi connectivity index (χ0v) is 7.73. The number of rotatable bonds is 1. The zero-order valence-electron chi connectivity index (χ0n) is 7.73. The molecule has 1 fully saturated rings. The lowest BCUT2D eigenvalue weighted by Gasteiger charge is -2.26. The highest BCUT2D eigenvalue weighted by molar-refractivity contribution is 5.24. The minimum atomic E-state index is -0.777. The van der Waals surface area contributed by atoms with Crippen LogP contribution < -0.4 is 0 Å². The molecule has 0 radical (unpaired) electrons. The van der Waals surface area contributed by atoms with E-state index in [9.17, 15) is 5.11 Å². The minimum Gasteiger partial charge on any atom is -0.382 e. The average molecular weight is 178 g/mol. The van der Waals surface area contributed by atoms with Gasteiger partial charge in [-0.25, -0.2) is 0 Å². The molecule has 0 spiro atoms. The fourth-order valence-electron chi connectivity index (χ4n) is 1.84. The first-order valence-electron chi connectivity index (χ1n) is 4.63. The van der Waals surface area contributed by atoms with Crippen LogP contribution in [-0.4, -0.2) is 17.8 Å². The summed E-state index contributed by atoms with van der Waals surface area (Å²) in [6, 6.07) is 9.74. The Morgan fingerprint density at radius 3 is 2.62 bits per heavy atom. The molecule has 2 atom stereocenters. The second kappa shape index (κ2) is 3.13. The van der Waals surface area contributed by atoms with Gasteiger partial charge in [-0.05, 0) is 12.5 Å². The highest BCUT2D eigenvalue weighted by atomic mass is 16.5. The fraction of sp³-hybridized carbons (Fsp3) is 0.455. The SMILES string of the molecule is CC1OCCC1(O)c1ccccc1. The summed E-state index contributed by atoms with van der Waals surface area (Å²) in [4.78, 5) is 0. The third-order valence-corrected chi connectivity index (χ3v) is 2.80. The van der Waals surface area contributed by atoms with Crippen molar-refractivity contribution in [3.8, 4) is 0 Å². The number of benzene rings is 1. The first-order chi connectivity index (χ1) is 6.23. The van der Waals surface area contributed by atoms with Gasteiger partial charge in [-0.15, -0.1) is 0 Å². The Bertz CT molecular complexity index is 283. The van der Waals surface area contributed by atoms with Crippen LogP contribution in [0.2, 0.25) is 0 Å². The summed E-state index contributed by atoms with van der Waals surface area (Å²) in [5.74, 6) is 0. The smallest absolute Gasteiger partial charge is 0.118 e. The molecule has 0 bridgehead atoms. The second-order valence-corrected chi connectivity index (χ2v) is 3.55. The fourth-order valence-corrected chi connectivity index (χ4v) is 1.84. The Labute approximate surface area is 78.2 Å². The van der Waals surface area contributed by atoms with Crippen LogP contribution in [0.4, 0.5) is 0 Å². The molecular formula is C11H14O2. The molecule has 1 aromatic carbocycles. The molecule has 0 saturated carbocycles. The summed E-state index contributed by atoms with van der Waals surface area (Å²) < 4.78 is 5.37. The quantitative estimate of drug-likeness (QED) is 0.709. The average Bonchev–Trinajstić information content (AvgIpc) is 2.50. The predicted molar refractivity (Wildman–Crippen MR) is 50.4 cm³/mol. The number of ether oxygens (including phenoxy) is 1. The van der Waals surface area contributed by atoms with E-state index in [0.29, 0.717) is 13.0 Å². The molecule has 1 N–H and O–H groups in total. The van der Waals surface area contributed by atoms with Crippen LogP contribution in [0.5, 0.6) is 0 Å². The lowest BCUT2D eigenvalue weighted by atomic mass is 9.88. The van der Waals surface area contributed by atoms with E-state index in [0.717, 1.165) is 5.56 Å². The van der Waals surface area contributed by atoms with E-state index in [-0.39, 0.29) is 6.10 Å². The van der Waals surface area contributed by atoms with Crippen molar-refractivity contribution in [2.45, 2.75) is 25.0 Å². The molecule has 0 aromatic heterocycles. The van der Waals surface area contributed by atoms with Crippen molar-refractivity contribution in [2.75, 3.05) is 6.61 Å².